The normalized spacial score (nSPS) is 23.1. The Bertz CT molecular complexity index is 797. The number of hydrogen-bond donors (Lipinski definition) is 1. The maximum Gasteiger partial charge on any atom is 0.339 e. The number of carbonyl (C=O) groups is 2. The summed E-state index contributed by atoms with van der Waals surface area (Å²) in [5, 5.41) is 5.34. The van der Waals surface area contributed by atoms with Gasteiger partial charge in [-0.25, -0.2) is 9.78 Å². The number of amides is 1. The highest BCUT2D eigenvalue weighted by Gasteiger charge is 2.43. The average Bonchev–Trinajstić information content (AvgIpc) is 3.27. The summed E-state index contributed by atoms with van der Waals surface area (Å²) in [7, 11) is 0. The number of cyclic esters (lactones) is 1. The number of ether oxygens (including phenoxy) is 1. The molecule has 2 aromatic rings. The number of benzene rings is 1. The van der Waals surface area contributed by atoms with Crippen LogP contribution in [-0.2, 0) is 16.0 Å². The minimum absolute atomic E-state index is 0.336. The van der Waals surface area contributed by atoms with Crippen molar-refractivity contribution in [1.82, 2.24) is 4.98 Å². The lowest BCUT2D eigenvalue weighted by Crippen LogP contribution is -2.48. The second-order valence-corrected chi connectivity index (χ2v) is 7.12. The number of aromatic nitrogens is 1. The van der Waals surface area contributed by atoms with Gasteiger partial charge in [-0.15, -0.1) is 11.3 Å². The van der Waals surface area contributed by atoms with E-state index in [0.29, 0.717) is 23.0 Å². The highest BCUT2D eigenvalue weighted by Crippen LogP contribution is 2.41. The third-order valence-electron chi connectivity index (χ3n) is 4.30. The fraction of sp³-hybridized carbons (Fsp3) is 0.353. The molecule has 2 aliphatic rings. The average molecular weight is 328 g/mol. The first-order valence-electron chi connectivity index (χ1n) is 7.63. The maximum absolute atomic E-state index is 12.6. The van der Waals surface area contributed by atoms with Crippen molar-refractivity contribution in [2.45, 2.75) is 37.7 Å². The highest BCUT2D eigenvalue weighted by molar-refractivity contribution is 7.14. The molecule has 2 heterocycles. The summed E-state index contributed by atoms with van der Waals surface area (Å²) < 4.78 is 5.43. The van der Waals surface area contributed by atoms with Crippen LogP contribution in [0.15, 0.2) is 29.6 Å². The van der Waals surface area contributed by atoms with Gasteiger partial charge in [0, 0.05) is 17.7 Å². The van der Waals surface area contributed by atoms with Crippen LogP contribution in [0, 0.1) is 0 Å². The molecule has 6 heteroatoms. The van der Waals surface area contributed by atoms with Gasteiger partial charge in [0.2, 0.25) is 0 Å². The standard InChI is InChI=1S/C17H16N2O3S/c1-17(8-11-4-2-3-5-12(11)14(20)22-17)15(21)19-16-18-13(9-23-16)10-6-7-10/h2-5,9-10H,6-8H2,1H3,(H,18,19,21). The van der Waals surface area contributed by atoms with Gasteiger partial charge in [0.15, 0.2) is 10.7 Å². The van der Waals surface area contributed by atoms with Crippen LogP contribution in [0.3, 0.4) is 0 Å². The molecule has 23 heavy (non-hydrogen) atoms. The zero-order chi connectivity index (χ0) is 16.0. The molecule has 1 aliphatic heterocycles. The van der Waals surface area contributed by atoms with Gasteiger partial charge in [0.05, 0.1) is 11.3 Å². The van der Waals surface area contributed by atoms with E-state index < -0.39 is 11.6 Å². The van der Waals surface area contributed by atoms with Crippen molar-refractivity contribution in [2.75, 3.05) is 5.32 Å². The van der Waals surface area contributed by atoms with Gasteiger partial charge in [-0.05, 0) is 31.4 Å². The number of rotatable bonds is 3. The Morgan fingerprint density at radius 3 is 2.96 bits per heavy atom. The molecular formula is C17H16N2O3S. The van der Waals surface area contributed by atoms with Gasteiger partial charge in [0.1, 0.15) is 0 Å². The van der Waals surface area contributed by atoms with Crippen LogP contribution >= 0.6 is 11.3 Å². The van der Waals surface area contributed by atoms with E-state index in [-0.39, 0.29) is 5.91 Å². The Kier molecular flexibility index (Phi) is 3.23. The zero-order valence-corrected chi connectivity index (χ0v) is 13.5. The molecule has 5 nitrogen and oxygen atoms in total. The van der Waals surface area contributed by atoms with E-state index in [4.69, 9.17) is 4.74 Å². The van der Waals surface area contributed by atoms with E-state index >= 15 is 0 Å². The molecule has 1 unspecified atom stereocenters. The van der Waals surface area contributed by atoms with Crippen LogP contribution < -0.4 is 5.32 Å². The summed E-state index contributed by atoms with van der Waals surface area (Å²) in [5.41, 5.74) is 1.19. The van der Waals surface area contributed by atoms with E-state index in [1.54, 1.807) is 19.1 Å². The van der Waals surface area contributed by atoms with Gasteiger partial charge in [-0.2, -0.15) is 0 Å². The highest BCUT2D eigenvalue weighted by atomic mass is 32.1. The van der Waals surface area contributed by atoms with Crippen LogP contribution in [0.5, 0.6) is 0 Å². The molecule has 1 aromatic heterocycles. The van der Waals surface area contributed by atoms with Gasteiger partial charge < -0.3 is 4.74 Å². The first kappa shape index (κ1) is 14.4. The molecule has 0 saturated heterocycles. The molecule has 1 saturated carbocycles. The smallest absolute Gasteiger partial charge is 0.339 e. The van der Waals surface area contributed by atoms with Crippen molar-refractivity contribution in [2.24, 2.45) is 0 Å². The first-order valence-corrected chi connectivity index (χ1v) is 8.51. The largest absolute Gasteiger partial charge is 0.445 e. The molecule has 0 radical (unpaired) electrons. The Morgan fingerprint density at radius 1 is 1.39 bits per heavy atom. The quantitative estimate of drug-likeness (QED) is 0.879. The van der Waals surface area contributed by atoms with Gasteiger partial charge in [-0.3, -0.25) is 10.1 Å². The van der Waals surface area contributed by atoms with Crippen LogP contribution in [0.2, 0.25) is 0 Å². The summed E-state index contributed by atoms with van der Waals surface area (Å²) in [6.45, 7) is 1.64. The van der Waals surface area contributed by atoms with Crippen molar-refractivity contribution in [3.63, 3.8) is 0 Å². The predicted molar refractivity (Wildman–Crippen MR) is 86.7 cm³/mol. The third kappa shape index (κ3) is 2.63. The summed E-state index contributed by atoms with van der Waals surface area (Å²) in [6, 6.07) is 7.23. The number of nitrogens with zero attached hydrogens (tertiary/aromatic N) is 1. The fourth-order valence-electron chi connectivity index (χ4n) is 2.80. The van der Waals surface area contributed by atoms with Crippen LogP contribution in [0.1, 0.15) is 47.3 Å². The van der Waals surface area contributed by atoms with Gasteiger partial charge >= 0.3 is 5.97 Å². The van der Waals surface area contributed by atoms with Gasteiger partial charge in [0.25, 0.3) is 5.91 Å². The number of hydrogen-bond acceptors (Lipinski definition) is 5. The van der Waals surface area contributed by atoms with Crippen LogP contribution in [0.4, 0.5) is 5.13 Å². The molecule has 1 aliphatic carbocycles. The Balaban J connectivity index is 1.54. The van der Waals surface area contributed by atoms with Crippen molar-refractivity contribution in [3.8, 4) is 0 Å². The van der Waals surface area contributed by atoms with Gasteiger partial charge in [-0.1, -0.05) is 18.2 Å². The number of esters is 1. The number of nitrogens with one attached hydrogen (secondary N) is 1. The number of carbonyl (C=O) groups excluding carboxylic acids is 2. The fourth-order valence-corrected chi connectivity index (χ4v) is 3.59. The van der Waals surface area contributed by atoms with Crippen molar-refractivity contribution in [3.05, 3.63) is 46.5 Å². The molecular weight excluding hydrogens is 312 g/mol. The molecule has 1 N–H and O–H groups in total. The molecule has 1 atom stereocenters. The third-order valence-corrected chi connectivity index (χ3v) is 5.08. The minimum Gasteiger partial charge on any atom is -0.445 e. The maximum atomic E-state index is 12.6. The van der Waals surface area contributed by atoms with Crippen molar-refractivity contribution in [1.29, 1.82) is 0 Å². The summed E-state index contributed by atoms with van der Waals surface area (Å²) in [4.78, 5) is 29.2. The van der Waals surface area contributed by atoms with Crippen molar-refractivity contribution >= 4 is 28.3 Å². The lowest BCUT2D eigenvalue weighted by molar-refractivity contribution is -0.134. The summed E-state index contributed by atoms with van der Waals surface area (Å²) in [5.74, 6) is -0.244. The SMILES string of the molecule is CC1(C(=O)Nc2nc(C3CC3)cs2)Cc2ccccc2C(=O)O1. The zero-order valence-electron chi connectivity index (χ0n) is 12.7. The predicted octanol–water partition coefficient (Wildman–Crippen LogP) is 3.13. The molecule has 4 rings (SSSR count). The monoisotopic (exact) mass is 328 g/mol. The van der Waals surface area contributed by atoms with Crippen LogP contribution in [-0.4, -0.2) is 22.5 Å². The lowest BCUT2D eigenvalue weighted by Gasteiger charge is -2.32. The molecule has 118 valence electrons. The van der Waals surface area contributed by atoms with E-state index in [0.717, 1.165) is 11.3 Å². The topological polar surface area (TPSA) is 68.3 Å². The first-order chi connectivity index (χ1) is 11.0. The van der Waals surface area contributed by atoms with E-state index in [2.05, 4.69) is 10.3 Å². The summed E-state index contributed by atoms with van der Waals surface area (Å²) >= 11 is 1.41. The minimum atomic E-state index is -1.21. The Hall–Kier alpha value is -2.21. The number of thiazole rings is 1. The molecule has 0 bridgehead atoms. The van der Waals surface area contributed by atoms with Crippen molar-refractivity contribution < 1.29 is 14.3 Å². The Labute approximate surface area is 137 Å². The summed E-state index contributed by atoms with van der Waals surface area (Å²) in [6.07, 6.45) is 2.70. The molecule has 1 fully saturated rings. The Morgan fingerprint density at radius 2 is 2.17 bits per heavy atom. The van der Waals surface area contributed by atoms with E-state index in [9.17, 15) is 9.59 Å². The van der Waals surface area contributed by atoms with Crippen LogP contribution in [0.25, 0.3) is 0 Å². The number of fused-ring (bicyclic) bond motifs is 1. The van der Waals surface area contributed by atoms with E-state index in [1.807, 2.05) is 17.5 Å². The van der Waals surface area contributed by atoms with E-state index in [1.165, 1.54) is 24.2 Å². The second-order valence-electron chi connectivity index (χ2n) is 6.26. The lowest BCUT2D eigenvalue weighted by atomic mass is 9.89. The molecule has 0 spiro atoms. The molecule has 1 aromatic carbocycles. The number of anilines is 1. The second kappa shape index (κ2) is 5.16. The molecule has 1 amide bonds.